The first-order valence-corrected chi connectivity index (χ1v) is 8.45. The van der Waals surface area contributed by atoms with Crippen LogP contribution in [0.1, 0.15) is 47.1 Å². The van der Waals surface area contributed by atoms with Crippen LogP contribution in [0.4, 0.5) is 5.69 Å². The van der Waals surface area contributed by atoms with E-state index in [0.717, 1.165) is 15.7 Å². The number of carbonyl (C=O) groups excluding carboxylic acids is 2. The summed E-state index contributed by atoms with van der Waals surface area (Å²) in [4.78, 5) is 24.7. The second kappa shape index (κ2) is 7.18. The molecule has 0 aliphatic heterocycles. The fourth-order valence-corrected chi connectivity index (χ4v) is 2.65. The zero-order chi connectivity index (χ0) is 17.9. The van der Waals surface area contributed by atoms with E-state index in [4.69, 9.17) is 0 Å². The van der Waals surface area contributed by atoms with Crippen LogP contribution in [0.2, 0.25) is 0 Å². The summed E-state index contributed by atoms with van der Waals surface area (Å²) in [6, 6.07) is 12.3. The third-order valence-electron chi connectivity index (χ3n) is 3.31. The fraction of sp³-hybridized carbons (Fsp3) is 0.263. The molecule has 0 aromatic heterocycles. The normalized spacial score (nSPS) is 11.0. The molecule has 0 saturated carbocycles. The maximum atomic E-state index is 12.5. The van der Waals surface area contributed by atoms with E-state index in [0.29, 0.717) is 11.1 Å². The topological polar surface area (TPSA) is 58.2 Å². The van der Waals surface area contributed by atoms with E-state index in [1.54, 1.807) is 24.3 Å². The molecule has 0 bridgehead atoms. The van der Waals surface area contributed by atoms with Gasteiger partial charge in [-0.15, -0.1) is 0 Å². The monoisotopic (exact) mass is 388 g/mol. The number of hydrogen-bond donors (Lipinski definition) is 2. The standard InChI is InChI=1S/C19H21BrN2O2/c1-12-10-15(20)8-9-16(12)21-17(23)13-6-5-7-14(11-13)18(24)22-19(2,3)4/h5-11H,1-4H3,(H,21,23)(H,22,24). The number of nitrogens with one attached hydrogen (secondary N) is 2. The first-order chi connectivity index (χ1) is 11.2. The molecule has 2 aromatic carbocycles. The van der Waals surface area contributed by atoms with Gasteiger partial charge in [0, 0.05) is 26.8 Å². The van der Waals surface area contributed by atoms with Crippen molar-refractivity contribution < 1.29 is 9.59 Å². The predicted molar refractivity (Wildman–Crippen MR) is 100 cm³/mol. The minimum Gasteiger partial charge on any atom is -0.347 e. The number of benzene rings is 2. The zero-order valence-electron chi connectivity index (χ0n) is 14.2. The summed E-state index contributed by atoms with van der Waals surface area (Å²) in [7, 11) is 0. The number of carbonyl (C=O) groups is 2. The smallest absolute Gasteiger partial charge is 0.255 e. The molecule has 2 aromatic rings. The Balaban J connectivity index is 2.18. The highest BCUT2D eigenvalue weighted by Gasteiger charge is 2.16. The minimum atomic E-state index is -0.329. The van der Waals surface area contributed by atoms with Gasteiger partial charge in [0.15, 0.2) is 0 Å². The Labute approximate surface area is 150 Å². The van der Waals surface area contributed by atoms with Gasteiger partial charge >= 0.3 is 0 Å². The molecule has 4 nitrogen and oxygen atoms in total. The van der Waals surface area contributed by atoms with Crippen LogP contribution in [0.25, 0.3) is 0 Å². The van der Waals surface area contributed by atoms with Gasteiger partial charge in [-0.05, 0) is 69.7 Å². The molecule has 0 aliphatic rings. The molecule has 0 atom stereocenters. The first-order valence-electron chi connectivity index (χ1n) is 7.66. The van der Waals surface area contributed by atoms with Gasteiger partial charge in [0.25, 0.3) is 11.8 Å². The Morgan fingerprint density at radius 2 is 1.58 bits per heavy atom. The number of aryl methyl sites for hydroxylation is 1. The molecule has 0 spiro atoms. The van der Waals surface area contributed by atoms with Crippen molar-refractivity contribution in [1.82, 2.24) is 5.32 Å². The van der Waals surface area contributed by atoms with Crippen LogP contribution in [0.3, 0.4) is 0 Å². The Morgan fingerprint density at radius 3 is 2.17 bits per heavy atom. The summed E-state index contributed by atoms with van der Waals surface area (Å²) in [6.07, 6.45) is 0. The number of anilines is 1. The third-order valence-corrected chi connectivity index (χ3v) is 3.81. The van der Waals surface area contributed by atoms with E-state index in [2.05, 4.69) is 26.6 Å². The van der Waals surface area contributed by atoms with Crippen LogP contribution in [0.5, 0.6) is 0 Å². The van der Waals surface area contributed by atoms with Gasteiger partial charge in [-0.3, -0.25) is 9.59 Å². The summed E-state index contributed by atoms with van der Waals surface area (Å²) in [5, 5.41) is 5.77. The Kier molecular flexibility index (Phi) is 5.44. The van der Waals surface area contributed by atoms with Gasteiger partial charge in [0.1, 0.15) is 0 Å². The van der Waals surface area contributed by atoms with E-state index >= 15 is 0 Å². The van der Waals surface area contributed by atoms with E-state index in [-0.39, 0.29) is 17.4 Å². The summed E-state index contributed by atoms with van der Waals surface area (Å²) < 4.78 is 0.957. The zero-order valence-corrected chi connectivity index (χ0v) is 15.8. The van der Waals surface area contributed by atoms with Crippen LogP contribution in [-0.2, 0) is 0 Å². The summed E-state index contributed by atoms with van der Waals surface area (Å²) in [5.41, 5.74) is 2.28. The first kappa shape index (κ1) is 18.2. The molecule has 24 heavy (non-hydrogen) atoms. The van der Waals surface area contributed by atoms with Crippen LogP contribution >= 0.6 is 15.9 Å². The Hall–Kier alpha value is -2.14. The van der Waals surface area contributed by atoms with E-state index in [1.165, 1.54) is 0 Å². The van der Waals surface area contributed by atoms with Crippen molar-refractivity contribution in [2.45, 2.75) is 33.2 Å². The molecular formula is C19H21BrN2O2. The van der Waals surface area contributed by atoms with Crippen molar-refractivity contribution >= 4 is 33.4 Å². The Morgan fingerprint density at radius 1 is 0.958 bits per heavy atom. The summed E-state index contributed by atoms with van der Waals surface area (Å²) >= 11 is 3.40. The lowest BCUT2D eigenvalue weighted by atomic mass is 10.1. The van der Waals surface area contributed by atoms with Crippen LogP contribution in [0, 0.1) is 6.92 Å². The van der Waals surface area contributed by atoms with Gasteiger partial charge < -0.3 is 10.6 Å². The second-order valence-corrected chi connectivity index (χ2v) is 7.61. The number of hydrogen-bond acceptors (Lipinski definition) is 2. The van der Waals surface area contributed by atoms with Crippen molar-refractivity contribution in [3.05, 3.63) is 63.6 Å². The SMILES string of the molecule is Cc1cc(Br)ccc1NC(=O)c1cccc(C(=O)NC(C)(C)C)c1. The van der Waals surface area contributed by atoms with Crippen molar-refractivity contribution in [2.75, 3.05) is 5.32 Å². The van der Waals surface area contributed by atoms with Crippen molar-refractivity contribution in [3.8, 4) is 0 Å². The van der Waals surface area contributed by atoms with Crippen molar-refractivity contribution in [3.63, 3.8) is 0 Å². The molecule has 0 aliphatic carbocycles. The van der Waals surface area contributed by atoms with Gasteiger partial charge in [0.05, 0.1) is 0 Å². The maximum absolute atomic E-state index is 12.5. The number of halogens is 1. The third kappa shape index (κ3) is 4.93. The fourth-order valence-electron chi connectivity index (χ4n) is 2.18. The molecule has 0 radical (unpaired) electrons. The van der Waals surface area contributed by atoms with Crippen molar-refractivity contribution in [2.24, 2.45) is 0 Å². The lowest BCUT2D eigenvalue weighted by molar-refractivity contribution is 0.0919. The van der Waals surface area contributed by atoms with Gasteiger partial charge in [-0.1, -0.05) is 22.0 Å². The average molecular weight is 389 g/mol. The molecule has 0 unspecified atom stereocenters. The van der Waals surface area contributed by atoms with Crippen LogP contribution < -0.4 is 10.6 Å². The minimum absolute atomic E-state index is 0.197. The van der Waals surface area contributed by atoms with Crippen LogP contribution in [-0.4, -0.2) is 17.4 Å². The largest absolute Gasteiger partial charge is 0.347 e. The molecule has 5 heteroatoms. The van der Waals surface area contributed by atoms with Gasteiger partial charge in [0.2, 0.25) is 0 Å². The summed E-state index contributed by atoms with van der Waals surface area (Å²) in [6.45, 7) is 7.67. The molecule has 0 saturated heterocycles. The molecule has 126 valence electrons. The second-order valence-electron chi connectivity index (χ2n) is 6.70. The predicted octanol–water partition coefficient (Wildman–Crippen LogP) is 4.54. The van der Waals surface area contributed by atoms with Crippen LogP contribution in [0.15, 0.2) is 46.9 Å². The highest BCUT2D eigenvalue weighted by atomic mass is 79.9. The molecule has 0 heterocycles. The highest BCUT2D eigenvalue weighted by Crippen LogP contribution is 2.21. The van der Waals surface area contributed by atoms with Gasteiger partial charge in [-0.2, -0.15) is 0 Å². The highest BCUT2D eigenvalue weighted by molar-refractivity contribution is 9.10. The number of amides is 2. The molecule has 0 fully saturated rings. The van der Waals surface area contributed by atoms with E-state index in [1.807, 2.05) is 45.9 Å². The molecule has 2 amide bonds. The lowest BCUT2D eigenvalue weighted by Gasteiger charge is -2.20. The summed E-state index contributed by atoms with van der Waals surface area (Å²) in [5.74, 6) is -0.442. The van der Waals surface area contributed by atoms with Gasteiger partial charge in [-0.25, -0.2) is 0 Å². The average Bonchev–Trinajstić information content (AvgIpc) is 2.48. The maximum Gasteiger partial charge on any atom is 0.255 e. The molecule has 2 N–H and O–H groups in total. The molecule has 2 rings (SSSR count). The number of rotatable bonds is 3. The Bertz CT molecular complexity index is 779. The van der Waals surface area contributed by atoms with E-state index in [9.17, 15) is 9.59 Å². The quantitative estimate of drug-likeness (QED) is 0.810. The van der Waals surface area contributed by atoms with E-state index < -0.39 is 0 Å². The van der Waals surface area contributed by atoms with Crippen molar-refractivity contribution in [1.29, 1.82) is 0 Å². The molecular weight excluding hydrogens is 368 g/mol. The lowest BCUT2D eigenvalue weighted by Crippen LogP contribution is -2.40.